The van der Waals surface area contributed by atoms with Gasteiger partial charge in [0.2, 0.25) is 10.0 Å². The molecule has 0 aliphatic carbocycles. The van der Waals surface area contributed by atoms with Gasteiger partial charge in [-0.3, -0.25) is 0 Å². The van der Waals surface area contributed by atoms with E-state index in [1.165, 1.54) is 16.7 Å². The van der Waals surface area contributed by atoms with E-state index in [4.69, 9.17) is 0 Å². The predicted molar refractivity (Wildman–Crippen MR) is 86.0 cm³/mol. The Morgan fingerprint density at radius 1 is 1.41 bits per heavy atom. The monoisotopic (exact) mass is 391 g/mol. The SMILES string of the molecule is CCS(=O)(=O)N1CCN(C(=O)Nc2cnc(Br)nc2)[C@H](C)C1. The van der Waals surface area contributed by atoms with Gasteiger partial charge in [-0.15, -0.1) is 0 Å². The zero-order valence-electron chi connectivity index (χ0n) is 12.4. The van der Waals surface area contributed by atoms with E-state index in [2.05, 4.69) is 31.2 Å². The fourth-order valence-electron chi connectivity index (χ4n) is 2.23. The van der Waals surface area contributed by atoms with Crippen LogP contribution in [0.4, 0.5) is 10.5 Å². The number of amides is 2. The molecule has 1 atom stereocenters. The van der Waals surface area contributed by atoms with Crippen LogP contribution < -0.4 is 5.32 Å². The van der Waals surface area contributed by atoms with E-state index < -0.39 is 10.0 Å². The van der Waals surface area contributed by atoms with E-state index >= 15 is 0 Å². The summed E-state index contributed by atoms with van der Waals surface area (Å²) >= 11 is 3.12. The molecule has 122 valence electrons. The molecule has 2 amide bonds. The molecule has 1 fully saturated rings. The standard InChI is InChI=1S/C12H18BrN5O3S/c1-3-22(20,21)17-4-5-18(9(2)8-17)12(19)16-10-6-14-11(13)15-7-10/h6-7,9H,3-5,8H2,1-2H3,(H,16,19)/t9-/m1/s1. The summed E-state index contributed by atoms with van der Waals surface area (Å²) in [4.78, 5) is 21.8. The topological polar surface area (TPSA) is 95.5 Å². The van der Waals surface area contributed by atoms with Gasteiger partial charge in [0.15, 0.2) is 4.73 Å². The molecule has 1 aromatic heterocycles. The second kappa shape index (κ2) is 6.88. The van der Waals surface area contributed by atoms with Gasteiger partial charge in [-0.1, -0.05) is 0 Å². The maximum atomic E-state index is 12.3. The molecule has 1 aromatic rings. The van der Waals surface area contributed by atoms with Crippen molar-refractivity contribution in [2.75, 3.05) is 30.7 Å². The number of hydrogen-bond acceptors (Lipinski definition) is 5. The Labute approximate surface area is 138 Å². The molecule has 0 radical (unpaired) electrons. The number of aromatic nitrogens is 2. The molecule has 22 heavy (non-hydrogen) atoms. The molecule has 0 unspecified atom stereocenters. The number of halogens is 1. The van der Waals surface area contributed by atoms with Crippen LogP contribution in [0.25, 0.3) is 0 Å². The number of rotatable bonds is 3. The second-order valence-electron chi connectivity index (χ2n) is 4.97. The fraction of sp³-hybridized carbons (Fsp3) is 0.583. The highest BCUT2D eigenvalue weighted by Crippen LogP contribution is 2.15. The number of nitrogens with one attached hydrogen (secondary N) is 1. The lowest BCUT2D eigenvalue weighted by Crippen LogP contribution is -2.56. The molecule has 1 N–H and O–H groups in total. The Balaban J connectivity index is 1.99. The number of anilines is 1. The second-order valence-corrected chi connectivity index (χ2v) is 7.94. The summed E-state index contributed by atoms with van der Waals surface area (Å²) in [5.74, 6) is 0.0716. The molecule has 0 bridgehead atoms. The van der Waals surface area contributed by atoms with Crippen LogP contribution in [-0.2, 0) is 10.0 Å². The molecule has 0 spiro atoms. The summed E-state index contributed by atoms with van der Waals surface area (Å²) in [6, 6.07) is -0.488. The molecule has 2 heterocycles. The summed E-state index contributed by atoms with van der Waals surface area (Å²) < 4.78 is 25.6. The Kier molecular flexibility index (Phi) is 5.35. The lowest BCUT2D eigenvalue weighted by atomic mass is 10.2. The largest absolute Gasteiger partial charge is 0.322 e. The molecule has 0 aromatic carbocycles. The van der Waals surface area contributed by atoms with Crippen molar-refractivity contribution < 1.29 is 13.2 Å². The van der Waals surface area contributed by atoms with Crippen molar-refractivity contribution in [3.63, 3.8) is 0 Å². The maximum Gasteiger partial charge on any atom is 0.322 e. The third-order valence-corrected chi connectivity index (χ3v) is 5.74. The molecule has 1 aliphatic rings. The normalized spacial score (nSPS) is 20.0. The van der Waals surface area contributed by atoms with E-state index in [9.17, 15) is 13.2 Å². The molecule has 0 saturated carbocycles. The molecule has 10 heteroatoms. The average molecular weight is 392 g/mol. The molecular formula is C12H18BrN5O3S. The van der Waals surface area contributed by atoms with E-state index in [1.807, 2.05) is 6.92 Å². The Hall–Kier alpha value is -1.26. The average Bonchev–Trinajstić information content (AvgIpc) is 2.49. The quantitative estimate of drug-likeness (QED) is 0.778. The lowest BCUT2D eigenvalue weighted by Gasteiger charge is -2.38. The number of piperazine rings is 1. The summed E-state index contributed by atoms with van der Waals surface area (Å²) in [5.41, 5.74) is 0.490. The van der Waals surface area contributed by atoms with Gasteiger partial charge in [0.05, 0.1) is 23.8 Å². The first kappa shape index (κ1) is 17.1. The Morgan fingerprint density at radius 3 is 2.59 bits per heavy atom. The highest BCUT2D eigenvalue weighted by molar-refractivity contribution is 9.10. The van der Waals surface area contributed by atoms with Crippen molar-refractivity contribution in [1.82, 2.24) is 19.2 Å². The first-order valence-corrected chi connectivity index (χ1v) is 9.26. The zero-order valence-corrected chi connectivity index (χ0v) is 14.8. The zero-order chi connectivity index (χ0) is 16.3. The molecule has 8 nitrogen and oxygen atoms in total. The number of hydrogen-bond donors (Lipinski definition) is 1. The predicted octanol–water partition coefficient (Wildman–Crippen LogP) is 1.13. The van der Waals surface area contributed by atoms with E-state index in [0.29, 0.717) is 30.1 Å². The molecule has 1 saturated heterocycles. The lowest BCUT2D eigenvalue weighted by molar-refractivity contribution is 0.149. The maximum absolute atomic E-state index is 12.3. The minimum atomic E-state index is -3.22. The molecule has 1 aliphatic heterocycles. The number of nitrogens with zero attached hydrogens (tertiary/aromatic N) is 4. The van der Waals surface area contributed by atoms with Gasteiger partial charge in [0, 0.05) is 25.7 Å². The van der Waals surface area contributed by atoms with Gasteiger partial charge in [-0.2, -0.15) is 4.31 Å². The third kappa shape index (κ3) is 3.93. The van der Waals surface area contributed by atoms with E-state index in [-0.39, 0.29) is 17.8 Å². The van der Waals surface area contributed by atoms with Crippen LogP contribution in [0, 0.1) is 0 Å². The van der Waals surface area contributed by atoms with Crippen molar-refractivity contribution in [3.05, 3.63) is 17.1 Å². The van der Waals surface area contributed by atoms with Crippen LogP contribution in [0.2, 0.25) is 0 Å². The summed E-state index contributed by atoms with van der Waals surface area (Å²) in [5, 5.41) is 2.71. The Bertz CT molecular complexity index is 637. The summed E-state index contributed by atoms with van der Waals surface area (Å²) in [6.07, 6.45) is 2.99. The van der Waals surface area contributed by atoms with Crippen molar-refractivity contribution in [1.29, 1.82) is 0 Å². The van der Waals surface area contributed by atoms with Gasteiger partial charge < -0.3 is 10.2 Å². The smallest absolute Gasteiger partial charge is 0.319 e. The van der Waals surface area contributed by atoms with Crippen LogP contribution in [-0.4, -0.2) is 65.1 Å². The molecule has 2 rings (SSSR count). The van der Waals surface area contributed by atoms with Crippen molar-refractivity contribution in [2.45, 2.75) is 19.9 Å². The third-order valence-electron chi connectivity index (χ3n) is 3.48. The van der Waals surface area contributed by atoms with Crippen LogP contribution in [0.5, 0.6) is 0 Å². The minimum Gasteiger partial charge on any atom is -0.319 e. The van der Waals surface area contributed by atoms with Crippen molar-refractivity contribution >= 4 is 37.7 Å². The first-order chi connectivity index (χ1) is 10.3. The number of carbonyl (C=O) groups excluding carboxylic acids is 1. The summed E-state index contributed by atoms with van der Waals surface area (Å²) in [6.45, 7) is 4.41. The highest BCUT2D eigenvalue weighted by Gasteiger charge is 2.32. The number of carbonyl (C=O) groups is 1. The van der Waals surface area contributed by atoms with Gasteiger partial charge in [-0.25, -0.2) is 23.2 Å². The summed E-state index contributed by atoms with van der Waals surface area (Å²) in [7, 11) is -3.22. The highest BCUT2D eigenvalue weighted by atomic mass is 79.9. The van der Waals surface area contributed by atoms with Gasteiger partial charge >= 0.3 is 6.03 Å². The molecular weight excluding hydrogens is 374 g/mol. The van der Waals surface area contributed by atoms with E-state index in [0.717, 1.165) is 0 Å². The van der Waals surface area contributed by atoms with E-state index in [1.54, 1.807) is 11.8 Å². The van der Waals surface area contributed by atoms with Gasteiger partial charge in [0.25, 0.3) is 0 Å². The minimum absolute atomic E-state index is 0.0716. The first-order valence-electron chi connectivity index (χ1n) is 6.86. The van der Waals surface area contributed by atoms with Crippen molar-refractivity contribution in [2.24, 2.45) is 0 Å². The number of urea groups is 1. The van der Waals surface area contributed by atoms with Crippen LogP contribution in [0.1, 0.15) is 13.8 Å². The fourth-order valence-corrected chi connectivity index (χ4v) is 3.61. The van der Waals surface area contributed by atoms with Gasteiger partial charge in [0.1, 0.15) is 0 Å². The van der Waals surface area contributed by atoms with Crippen LogP contribution in [0.3, 0.4) is 0 Å². The van der Waals surface area contributed by atoms with Crippen LogP contribution >= 0.6 is 15.9 Å². The van der Waals surface area contributed by atoms with Gasteiger partial charge in [-0.05, 0) is 29.8 Å². The Morgan fingerprint density at radius 2 is 2.05 bits per heavy atom. The van der Waals surface area contributed by atoms with Crippen LogP contribution in [0.15, 0.2) is 17.1 Å². The number of sulfonamides is 1. The van der Waals surface area contributed by atoms with Crippen molar-refractivity contribution in [3.8, 4) is 0 Å².